The molecule has 154 valence electrons. The van der Waals surface area contributed by atoms with Crippen molar-refractivity contribution >= 4 is 11.6 Å². The second kappa shape index (κ2) is 8.75. The molecule has 0 bridgehead atoms. The van der Waals surface area contributed by atoms with Crippen molar-refractivity contribution in [2.75, 3.05) is 5.32 Å². The van der Waals surface area contributed by atoms with Crippen LogP contribution in [0, 0.1) is 19.7 Å². The first kappa shape index (κ1) is 20.2. The number of carbonyl (C=O) groups excluding carboxylic acids is 1. The SMILES string of the molecule is Cc1cc(C)cc(NC(=O)c2cccc(-c3cnc(Oc4ccc(F)cc4)nc3)c2)c1. The van der Waals surface area contributed by atoms with Gasteiger partial charge in [-0.1, -0.05) is 18.2 Å². The number of aryl methyl sites for hydroxylation is 2. The Morgan fingerprint density at radius 3 is 2.23 bits per heavy atom. The predicted molar refractivity (Wildman–Crippen MR) is 118 cm³/mol. The van der Waals surface area contributed by atoms with E-state index < -0.39 is 0 Å². The van der Waals surface area contributed by atoms with Gasteiger partial charge in [-0.2, -0.15) is 0 Å². The van der Waals surface area contributed by atoms with Gasteiger partial charge in [0.15, 0.2) is 0 Å². The first-order valence-electron chi connectivity index (χ1n) is 9.72. The maximum absolute atomic E-state index is 13.0. The third kappa shape index (κ3) is 5.11. The van der Waals surface area contributed by atoms with Crippen molar-refractivity contribution in [3.63, 3.8) is 0 Å². The molecular weight excluding hydrogens is 393 g/mol. The lowest BCUT2D eigenvalue weighted by Gasteiger charge is -2.09. The van der Waals surface area contributed by atoms with E-state index in [4.69, 9.17) is 4.74 Å². The highest BCUT2D eigenvalue weighted by atomic mass is 19.1. The first-order chi connectivity index (χ1) is 15.0. The number of amides is 1. The van der Waals surface area contributed by atoms with Gasteiger partial charge in [-0.3, -0.25) is 4.79 Å². The number of carbonyl (C=O) groups is 1. The van der Waals surface area contributed by atoms with Crippen molar-refractivity contribution < 1.29 is 13.9 Å². The van der Waals surface area contributed by atoms with Crippen LogP contribution in [0.1, 0.15) is 21.5 Å². The summed E-state index contributed by atoms with van der Waals surface area (Å²) in [5, 5.41) is 2.94. The molecule has 3 aromatic carbocycles. The van der Waals surface area contributed by atoms with E-state index in [2.05, 4.69) is 21.4 Å². The van der Waals surface area contributed by atoms with Crippen LogP contribution >= 0.6 is 0 Å². The van der Waals surface area contributed by atoms with E-state index in [-0.39, 0.29) is 17.7 Å². The van der Waals surface area contributed by atoms with Crippen molar-refractivity contribution in [2.24, 2.45) is 0 Å². The van der Waals surface area contributed by atoms with Crippen LogP contribution in [-0.2, 0) is 0 Å². The lowest BCUT2D eigenvalue weighted by molar-refractivity contribution is 0.102. The second-order valence-electron chi connectivity index (χ2n) is 7.22. The average Bonchev–Trinajstić information content (AvgIpc) is 2.75. The molecule has 1 N–H and O–H groups in total. The molecule has 0 saturated heterocycles. The topological polar surface area (TPSA) is 64.1 Å². The Labute approximate surface area is 179 Å². The lowest BCUT2D eigenvalue weighted by atomic mass is 10.1. The average molecular weight is 413 g/mol. The normalized spacial score (nSPS) is 10.5. The fraction of sp³-hybridized carbons (Fsp3) is 0.0800. The Morgan fingerprint density at radius 2 is 1.55 bits per heavy atom. The summed E-state index contributed by atoms with van der Waals surface area (Å²) in [7, 11) is 0. The van der Waals surface area contributed by atoms with Crippen LogP contribution in [0.2, 0.25) is 0 Å². The van der Waals surface area contributed by atoms with Crippen LogP contribution < -0.4 is 10.1 Å². The van der Waals surface area contributed by atoms with E-state index in [0.717, 1.165) is 27.9 Å². The van der Waals surface area contributed by atoms with Gasteiger partial charge in [-0.25, -0.2) is 14.4 Å². The fourth-order valence-electron chi connectivity index (χ4n) is 3.22. The summed E-state index contributed by atoms with van der Waals surface area (Å²) in [6.45, 7) is 3.99. The highest BCUT2D eigenvalue weighted by molar-refractivity contribution is 6.05. The van der Waals surface area contributed by atoms with Gasteiger partial charge in [0.1, 0.15) is 11.6 Å². The standard InChI is InChI=1S/C25H20FN3O2/c1-16-10-17(2)12-22(11-16)29-24(30)19-5-3-4-18(13-19)20-14-27-25(28-15-20)31-23-8-6-21(26)7-9-23/h3-15H,1-2H3,(H,29,30). The summed E-state index contributed by atoms with van der Waals surface area (Å²) in [4.78, 5) is 21.1. The third-order valence-corrected chi connectivity index (χ3v) is 4.59. The number of halogens is 1. The molecule has 0 aliphatic carbocycles. The van der Waals surface area contributed by atoms with Crippen LogP contribution in [0.15, 0.2) is 79.1 Å². The highest BCUT2D eigenvalue weighted by Gasteiger charge is 2.10. The monoisotopic (exact) mass is 413 g/mol. The number of rotatable bonds is 5. The maximum atomic E-state index is 13.0. The minimum atomic E-state index is -0.343. The van der Waals surface area contributed by atoms with E-state index in [9.17, 15) is 9.18 Å². The summed E-state index contributed by atoms with van der Waals surface area (Å²) in [5.74, 6) is -0.0895. The van der Waals surface area contributed by atoms with E-state index >= 15 is 0 Å². The summed E-state index contributed by atoms with van der Waals surface area (Å²) < 4.78 is 18.5. The Bertz CT molecular complexity index is 1200. The van der Waals surface area contributed by atoms with Gasteiger partial charge in [-0.05, 0) is 79.1 Å². The van der Waals surface area contributed by atoms with Gasteiger partial charge in [0.2, 0.25) is 0 Å². The van der Waals surface area contributed by atoms with Crippen LogP contribution in [0.25, 0.3) is 11.1 Å². The van der Waals surface area contributed by atoms with Gasteiger partial charge >= 0.3 is 6.01 Å². The van der Waals surface area contributed by atoms with Crippen molar-refractivity contribution in [1.29, 1.82) is 0 Å². The minimum Gasteiger partial charge on any atom is -0.424 e. The van der Waals surface area contributed by atoms with Crippen LogP contribution in [0.5, 0.6) is 11.8 Å². The van der Waals surface area contributed by atoms with E-state index in [1.54, 1.807) is 24.5 Å². The summed E-state index contributed by atoms with van der Waals surface area (Å²) in [6, 6.07) is 18.9. The molecule has 1 amide bonds. The highest BCUT2D eigenvalue weighted by Crippen LogP contribution is 2.23. The number of anilines is 1. The molecular formula is C25H20FN3O2. The molecule has 1 aromatic heterocycles. The third-order valence-electron chi connectivity index (χ3n) is 4.59. The molecule has 4 aromatic rings. The van der Waals surface area contributed by atoms with Crippen molar-refractivity contribution in [3.8, 4) is 22.9 Å². The molecule has 4 rings (SSSR count). The molecule has 0 radical (unpaired) electrons. The van der Waals surface area contributed by atoms with Gasteiger partial charge in [0.25, 0.3) is 5.91 Å². The molecule has 1 heterocycles. The van der Waals surface area contributed by atoms with Gasteiger partial charge < -0.3 is 10.1 Å². The minimum absolute atomic E-state index is 0.152. The second-order valence-corrected chi connectivity index (χ2v) is 7.22. The zero-order chi connectivity index (χ0) is 21.8. The Kier molecular flexibility index (Phi) is 5.71. The van der Waals surface area contributed by atoms with Gasteiger partial charge in [0.05, 0.1) is 0 Å². The first-order valence-corrected chi connectivity index (χ1v) is 9.72. The van der Waals surface area contributed by atoms with Crippen LogP contribution in [0.3, 0.4) is 0 Å². The maximum Gasteiger partial charge on any atom is 0.321 e. The number of hydrogen-bond acceptors (Lipinski definition) is 4. The number of nitrogens with one attached hydrogen (secondary N) is 1. The zero-order valence-electron chi connectivity index (χ0n) is 17.1. The van der Waals surface area contributed by atoms with Crippen molar-refractivity contribution in [2.45, 2.75) is 13.8 Å². The van der Waals surface area contributed by atoms with Crippen molar-refractivity contribution in [3.05, 3.63) is 102 Å². The Balaban J connectivity index is 1.49. The van der Waals surface area contributed by atoms with Crippen LogP contribution in [-0.4, -0.2) is 15.9 Å². The predicted octanol–water partition coefficient (Wildman–Crippen LogP) is 5.94. The molecule has 0 atom stereocenters. The zero-order valence-corrected chi connectivity index (χ0v) is 17.1. The smallest absolute Gasteiger partial charge is 0.321 e. The molecule has 0 fully saturated rings. The van der Waals surface area contributed by atoms with E-state index in [1.165, 1.54) is 24.3 Å². The summed E-state index contributed by atoms with van der Waals surface area (Å²) >= 11 is 0. The molecule has 31 heavy (non-hydrogen) atoms. The Hall–Kier alpha value is -4.06. The number of hydrogen-bond donors (Lipinski definition) is 1. The molecule has 0 aliphatic rings. The van der Waals surface area contributed by atoms with E-state index in [1.807, 2.05) is 38.1 Å². The van der Waals surface area contributed by atoms with Crippen LogP contribution in [0.4, 0.5) is 10.1 Å². The molecule has 0 aliphatic heterocycles. The Morgan fingerprint density at radius 1 is 0.871 bits per heavy atom. The lowest BCUT2D eigenvalue weighted by Crippen LogP contribution is -2.12. The number of ether oxygens (including phenoxy) is 1. The van der Waals surface area contributed by atoms with Gasteiger partial charge in [0, 0.05) is 29.2 Å². The molecule has 6 heteroatoms. The van der Waals surface area contributed by atoms with Crippen molar-refractivity contribution in [1.82, 2.24) is 9.97 Å². The summed E-state index contributed by atoms with van der Waals surface area (Å²) in [6.07, 6.45) is 3.24. The van der Waals surface area contributed by atoms with Gasteiger partial charge in [-0.15, -0.1) is 0 Å². The van der Waals surface area contributed by atoms with E-state index in [0.29, 0.717) is 11.3 Å². The summed E-state index contributed by atoms with van der Waals surface area (Å²) in [5.41, 5.74) is 5.02. The number of benzene rings is 3. The number of aromatic nitrogens is 2. The number of nitrogens with zero attached hydrogens (tertiary/aromatic N) is 2. The molecule has 0 unspecified atom stereocenters. The molecule has 5 nitrogen and oxygen atoms in total. The fourth-order valence-corrected chi connectivity index (χ4v) is 3.22. The molecule has 0 saturated carbocycles. The molecule has 0 spiro atoms. The largest absolute Gasteiger partial charge is 0.424 e. The quantitative estimate of drug-likeness (QED) is 0.439.